The summed E-state index contributed by atoms with van der Waals surface area (Å²) in [6, 6.07) is 0. The highest BCUT2D eigenvalue weighted by Crippen LogP contribution is 2.14. The van der Waals surface area contributed by atoms with Crippen molar-refractivity contribution >= 4 is 17.4 Å². The molecule has 1 aromatic heterocycles. The number of rotatable bonds is 6. The molecule has 1 aromatic rings. The molecular weight excluding hydrogens is 222 g/mol. The zero-order valence-corrected chi connectivity index (χ0v) is 11.0. The highest BCUT2D eigenvalue weighted by molar-refractivity contribution is 6.16. The Morgan fingerprint density at radius 1 is 1.38 bits per heavy atom. The zero-order chi connectivity index (χ0) is 12.0. The van der Waals surface area contributed by atoms with Gasteiger partial charge in [-0.05, 0) is 12.8 Å². The maximum absolute atomic E-state index is 5.76. The summed E-state index contributed by atoms with van der Waals surface area (Å²) in [5.74, 6) is 2.02. The van der Waals surface area contributed by atoms with Crippen LogP contribution in [0.4, 0.5) is 5.82 Å². The predicted molar refractivity (Wildman–Crippen MR) is 68.9 cm³/mol. The van der Waals surface area contributed by atoms with Gasteiger partial charge in [-0.3, -0.25) is 4.98 Å². The van der Waals surface area contributed by atoms with Crippen LogP contribution in [0.2, 0.25) is 0 Å². The zero-order valence-electron chi connectivity index (χ0n) is 10.3. The second-order valence-corrected chi connectivity index (χ2v) is 4.32. The lowest BCUT2D eigenvalue weighted by molar-refractivity contribution is 0.545. The number of alkyl halides is 1. The Hall–Kier alpha value is -0.830. The first kappa shape index (κ1) is 13.2. The van der Waals surface area contributed by atoms with Crippen molar-refractivity contribution in [1.29, 1.82) is 0 Å². The Labute approximate surface area is 103 Å². The molecular formula is C12H20ClN3. The molecule has 0 aliphatic rings. The van der Waals surface area contributed by atoms with Crippen molar-refractivity contribution in [3.63, 3.8) is 0 Å². The van der Waals surface area contributed by atoms with Crippen LogP contribution < -0.4 is 4.90 Å². The molecule has 0 fully saturated rings. The summed E-state index contributed by atoms with van der Waals surface area (Å²) >= 11 is 5.76. The summed E-state index contributed by atoms with van der Waals surface area (Å²) in [7, 11) is 0. The fourth-order valence-electron chi connectivity index (χ4n) is 1.50. The lowest BCUT2D eigenvalue weighted by atomic mass is 10.1. The lowest BCUT2D eigenvalue weighted by Gasteiger charge is -2.24. The van der Waals surface area contributed by atoms with Crippen molar-refractivity contribution in [3.05, 3.63) is 18.1 Å². The van der Waals surface area contributed by atoms with Crippen LogP contribution in [0.15, 0.2) is 12.4 Å². The average Bonchev–Trinajstić information content (AvgIpc) is 2.35. The van der Waals surface area contributed by atoms with Gasteiger partial charge >= 0.3 is 0 Å². The van der Waals surface area contributed by atoms with Crippen molar-refractivity contribution < 1.29 is 0 Å². The van der Waals surface area contributed by atoms with E-state index in [9.17, 15) is 0 Å². The van der Waals surface area contributed by atoms with E-state index in [2.05, 4.69) is 35.6 Å². The average molecular weight is 242 g/mol. The molecule has 0 saturated carbocycles. The van der Waals surface area contributed by atoms with E-state index in [1.165, 1.54) is 6.42 Å². The molecule has 0 aromatic carbocycles. The largest absolute Gasteiger partial charge is 0.355 e. The molecule has 0 N–H and O–H groups in total. The van der Waals surface area contributed by atoms with Crippen LogP contribution in [0.3, 0.4) is 0 Å². The highest BCUT2D eigenvalue weighted by atomic mass is 35.5. The van der Waals surface area contributed by atoms with Gasteiger partial charge in [-0.2, -0.15) is 0 Å². The Bertz CT molecular complexity index is 317. The molecule has 0 bridgehead atoms. The molecule has 0 amide bonds. The minimum atomic E-state index is 0.418. The van der Waals surface area contributed by atoms with Gasteiger partial charge in [0, 0.05) is 19.3 Å². The molecule has 1 rings (SSSR count). The van der Waals surface area contributed by atoms with Gasteiger partial charge in [0.2, 0.25) is 0 Å². The van der Waals surface area contributed by atoms with Crippen molar-refractivity contribution in [2.75, 3.05) is 18.0 Å². The molecule has 4 heteroatoms. The quantitative estimate of drug-likeness (QED) is 0.717. The fraction of sp³-hybridized carbons (Fsp3) is 0.667. The van der Waals surface area contributed by atoms with Crippen LogP contribution in [0.1, 0.15) is 32.9 Å². The van der Waals surface area contributed by atoms with Gasteiger partial charge < -0.3 is 4.90 Å². The number of hydrogen-bond acceptors (Lipinski definition) is 3. The molecule has 1 unspecified atom stereocenters. The van der Waals surface area contributed by atoms with Gasteiger partial charge in [0.05, 0.1) is 17.8 Å². The molecule has 90 valence electrons. The predicted octanol–water partition coefficient (Wildman–Crippen LogP) is 3.09. The first-order chi connectivity index (χ1) is 7.71. The summed E-state index contributed by atoms with van der Waals surface area (Å²) in [6.45, 7) is 8.57. The third kappa shape index (κ3) is 3.63. The topological polar surface area (TPSA) is 29.0 Å². The molecule has 0 aliphatic carbocycles. The van der Waals surface area contributed by atoms with Crippen LogP contribution >= 0.6 is 11.6 Å². The smallest absolute Gasteiger partial charge is 0.147 e. The van der Waals surface area contributed by atoms with Gasteiger partial charge in [0.1, 0.15) is 5.82 Å². The van der Waals surface area contributed by atoms with Crippen LogP contribution in [0.25, 0.3) is 0 Å². The molecule has 0 radical (unpaired) electrons. The number of hydrogen-bond donors (Lipinski definition) is 0. The Morgan fingerprint density at radius 3 is 2.69 bits per heavy atom. The summed E-state index contributed by atoms with van der Waals surface area (Å²) in [5.41, 5.74) is 0.835. The van der Waals surface area contributed by atoms with E-state index in [4.69, 9.17) is 11.6 Å². The maximum atomic E-state index is 5.76. The van der Waals surface area contributed by atoms with Crippen molar-refractivity contribution in [2.24, 2.45) is 5.92 Å². The second kappa shape index (κ2) is 6.69. The maximum Gasteiger partial charge on any atom is 0.147 e. The molecule has 1 heterocycles. The minimum absolute atomic E-state index is 0.418. The molecule has 0 spiro atoms. The minimum Gasteiger partial charge on any atom is -0.355 e. The molecule has 16 heavy (non-hydrogen) atoms. The second-order valence-electron chi connectivity index (χ2n) is 4.05. The van der Waals surface area contributed by atoms with Crippen molar-refractivity contribution in [1.82, 2.24) is 9.97 Å². The normalized spacial score (nSPS) is 12.5. The van der Waals surface area contributed by atoms with Gasteiger partial charge in [-0.25, -0.2) is 4.98 Å². The molecule has 1 atom stereocenters. The van der Waals surface area contributed by atoms with Crippen LogP contribution in [0, 0.1) is 5.92 Å². The summed E-state index contributed by atoms with van der Waals surface area (Å²) < 4.78 is 0. The highest BCUT2D eigenvalue weighted by Gasteiger charge is 2.10. The van der Waals surface area contributed by atoms with Gasteiger partial charge in [0.15, 0.2) is 0 Å². The Kier molecular flexibility index (Phi) is 5.53. The number of anilines is 1. The van der Waals surface area contributed by atoms with E-state index in [0.29, 0.717) is 11.8 Å². The Morgan fingerprint density at radius 2 is 2.12 bits per heavy atom. The number of halogens is 1. The van der Waals surface area contributed by atoms with Crippen molar-refractivity contribution in [3.8, 4) is 0 Å². The fourth-order valence-corrected chi connectivity index (χ4v) is 1.63. The summed E-state index contributed by atoms with van der Waals surface area (Å²) in [6.07, 6.45) is 4.70. The monoisotopic (exact) mass is 241 g/mol. The lowest BCUT2D eigenvalue weighted by Crippen LogP contribution is -2.29. The van der Waals surface area contributed by atoms with Crippen LogP contribution in [-0.4, -0.2) is 23.1 Å². The van der Waals surface area contributed by atoms with Gasteiger partial charge in [-0.1, -0.05) is 20.3 Å². The van der Waals surface area contributed by atoms with E-state index >= 15 is 0 Å². The van der Waals surface area contributed by atoms with Crippen LogP contribution in [-0.2, 0) is 5.88 Å². The third-order valence-electron chi connectivity index (χ3n) is 2.74. The first-order valence-electron chi connectivity index (χ1n) is 5.83. The van der Waals surface area contributed by atoms with E-state index in [0.717, 1.165) is 24.6 Å². The SMILES string of the molecule is CCC(C)CN(CC)c1cncc(CCl)n1. The molecule has 0 saturated heterocycles. The molecule has 3 nitrogen and oxygen atoms in total. The third-order valence-corrected chi connectivity index (χ3v) is 3.02. The Balaban J connectivity index is 2.77. The first-order valence-corrected chi connectivity index (χ1v) is 6.36. The standard InChI is InChI=1S/C12H20ClN3/c1-4-10(3)9-16(5-2)12-8-14-7-11(6-13)15-12/h7-8,10H,4-6,9H2,1-3H3. The van der Waals surface area contributed by atoms with Crippen molar-refractivity contribution in [2.45, 2.75) is 33.1 Å². The number of aromatic nitrogens is 2. The summed E-state index contributed by atoms with van der Waals surface area (Å²) in [4.78, 5) is 10.9. The molecule has 0 aliphatic heterocycles. The van der Waals surface area contributed by atoms with E-state index < -0.39 is 0 Å². The van der Waals surface area contributed by atoms with E-state index in [1.807, 2.05) is 6.20 Å². The summed E-state index contributed by atoms with van der Waals surface area (Å²) in [5, 5.41) is 0. The number of nitrogens with zero attached hydrogens (tertiary/aromatic N) is 3. The van der Waals surface area contributed by atoms with Gasteiger partial charge in [-0.15, -0.1) is 11.6 Å². The van der Waals surface area contributed by atoms with Gasteiger partial charge in [0.25, 0.3) is 0 Å². The van der Waals surface area contributed by atoms with E-state index in [1.54, 1.807) is 6.20 Å². The van der Waals surface area contributed by atoms with Crippen LogP contribution in [0.5, 0.6) is 0 Å². The van der Waals surface area contributed by atoms with E-state index in [-0.39, 0.29) is 0 Å².